The summed E-state index contributed by atoms with van der Waals surface area (Å²) < 4.78 is 27.2. The maximum absolute atomic E-state index is 12.4. The monoisotopic (exact) mass is 289 g/mol. The van der Waals surface area contributed by atoms with Gasteiger partial charge in [0.05, 0.1) is 10.6 Å². The molecule has 20 heavy (non-hydrogen) atoms. The third-order valence-electron chi connectivity index (χ3n) is 2.93. The number of benzene rings is 2. The van der Waals surface area contributed by atoms with Crippen LogP contribution >= 0.6 is 0 Å². The summed E-state index contributed by atoms with van der Waals surface area (Å²) in [7, 11) is -3.70. The molecule has 0 saturated carbocycles. The normalized spacial score (nSPS) is 11.1. The number of rotatable bonds is 4. The van der Waals surface area contributed by atoms with E-state index in [1.165, 1.54) is 13.0 Å². The molecule has 0 heterocycles. The maximum atomic E-state index is 12.4. The fourth-order valence-electron chi connectivity index (χ4n) is 1.94. The first-order chi connectivity index (χ1) is 9.42. The zero-order chi connectivity index (χ0) is 14.8. The molecule has 2 rings (SSSR count). The van der Waals surface area contributed by atoms with Crippen molar-refractivity contribution < 1.29 is 13.2 Å². The minimum atomic E-state index is -3.70. The van der Waals surface area contributed by atoms with Crippen LogP contribution in [0.15, 0.2) is 53.4 Å². The van der Waals surface area contributed by atoms with E-state index in [4.69, 9.17) is 0 Å². The Labute approximate surface area is 118 Å². The highest BCUT2D eigenvalue weighted by Crippen LogP contribution is 2.22. The molecule has 0 aliphatic heterocycles. The number of para-hydroxylation sites is 1. The van der Waals surface area contributed by atoms with Crippen LogP contribution in [0.25, 0.3) is 0 Å². The summed E-state index contributed by atoms with van der Waals surface area (Å²) in [6.07, 6.45) is 0. The summed E-state index contributed by atoms with van der Waals surface area (Å²) in [6.45, 7) is 3.13. The molecule has 1 N–H and O–H groups in total. The molecule has 0 fully saturated rings. The minimum absolute atomic E-state index is 0.187. The van der Waals surface area contributed by atoms with Crippen molar-refractivity contribution in [2.24, 2.45) is 0 Å². The smallest absolute Gasteiger partial charge is 0.262 e. The molecule has 0 spiro atoms. The number of nitrogens with one attached hydrogen (secondary N) is 1. The van der Waals surface area contributed by atoms with Crippen molar-refractivity contribution in [1.29, 1.82) is 0 Å². The molecule has 0 unspecified atom stereocenters. The Hall–Kier alpha value is -2.14. The predicted molar refractivity (Wildman–Crippen MR) is 78.4 cm³/mol. The van der Waals surface area contributed by atoms with E-state index < -0.39 is 10.0 Å². The van der Waals surface area contributed by atoms with Gasteiger partial charge in [-0.05, 0) is 37.6 Å². The van der Waals surface area contributed by atoms with Crippen molar-refractivity contribution in [2.45, 2.75) is 18.7 Å². The van der Waals surface area contributed by atoms with E-state index in [9.17, 15) is 13.2 Å². The zero-order valence-electron chi connectivity index (χ0n) is 11.3. The summed E-state index contributed by atoms with van der Waals surface area (Å²) in [5, 5.41) is 0. The van der Waals surface area contributed by atoms with Crippen molar-refractivity contribution in [1.82, 2.24) is 0 Å². The summed E-state index contributed by atoms with van der Waals surface area (Å²) in [5.41, 5.74) is 1.30. The highest BCUT2D eigenvalue weighted by atomic mass is 32.2. The van der Waals surface area contributed by atoms with Crippen LogP contribution in [-0.4, -0.2) is 14.2 Å². The third kappa shape index (κ3) is 2.88. The van der Waals surface area contributed by atoms with Gasteiger partial charge in [-0.2, -0.15) is 0 Å². The fraction of sp³-hybridized carbons (Fsp3) is 0.133. The van der Waals surface area contributed by atoms with Gasteiger partial charge in [0.15, 0.2) is 5.78 Å². The number of Topliss-reactive ketones (excluding diaryl/α,β-unsaturated/α-hetero) is 1. The minimum Gasteiger partial charge on any atom is -0.294 e. The molecule has 0 aliphatic carbocycles. The second kappa shape index (κ2) is 5.46. The van der Waals surface area contributed by atoms with Crippen LogP contribution < -0.4 is 4.72 Å². The number of hydrogen-bond donors (Lipinski definition) is 1. The number of hydrogen-bond acceptors (Lipinski definition) is 3. The summed E-state index contributed by atoms with van der Waals surface area (Å²) in [6, 6.07) is 13.3. The molecule has 0 bridgehead atoms. The molecular weight excluding hydrogens is 274 g/mol. The Bertz CT molecular complexity index is 751. The van der Waals surface area contributed by atoms with E-state index in [-0.39, 0.29) is 10.7 Å². The molecule has 0 atom stereocenters. The maximum Gasteiger partial charge on any atom is 0.262 e. The second-order valence-corrected chi connectivity index (χ2v) is 6.12. The lowest BCUT2D eigenvalue weighted by atomic mass is 10.1. The molecule has 0 amide bonds. The van der Waals surface area contributed by atoms with Gasteiger partial charge in [0.2, 0.25) is 0 Å². The first kappa shape index (κ1) is 14.3. The number of aryl methyl sites for hydroxylation is 1. The molecule has 5 heteroatoms. The van der Waals surface area contributed by atoms with Crippen LogP contribution in [0.2, 0.25) is 0 Å². The first-order valence-electron chi connectivity index (χ1n) is 6.10. The van der Waals surface area contributed by atoms with Gasteiger partial charge in [0, 0.05) is 5.56 Å². The molecule has 0 aromatic heterocycles. The Morgan fingerprint density at radius 3 is 2.25 bits per heavy atom. The SMILES string of the molecule is CC(=O)c1ccccc1NS(=O)(=O)c1ccccc1C. The summed E-state index contributed by atoms with van der Waals surface area (Å²) in [4.78, 5) is 11.7. The summed E-state index contributed by atoms with van der Waals surface area (Å²) in [5.74, 6) is -0.187. The van der Waals surface area contributed by atoms with Crippen LogP contribution in [0, 0.1) is 6.92 Å². The van der Waals surface area contributed by atoms with E-state index in [1.54, 1.807) is 49.4 Å². The molecule has 104 valence electrons. The first-order valence-corrected chi connectivity index (χ1v) is 7.58. The largest absolute Gasteiger partial charge is 0.294 e. The number of carbonyl (C=O) groups excluding carboxylic acids is 1. The zero-order valence-corrected chi connectivity index (χ0v) is 12.1. The summed E-state index contributed by atoms with van der Waals surface area (Å²) >= 11 is 0. The second-order valence-electron chi connectivity index (χ2n) is 4.47. The standard InChI is InChI=1S/C15H15NO3S/c1-11-7-3-6-10-15(11)20(18,19)16-14-9-5-4-8-13(14)12(2)17/h3-10,16H,1-2H3. The molecule has 2 aromatic carbocycles. The van der Waals surface area contributed by atoms with Crippen LogP contribution in [0.1, 0.15) is 22.8 Å². The highest BCUT2D eigenvalue weighted by Gasteiger charge is 2.18. The van der Waals surface area contributed by atoms with Gasteiger partial charge in [-0.3, -0.25) is 9.52 Å². The molecule has 0 radical (unpaired) electrons. The topological polar surface area (TPSA) is 63.2 Å². The quantitative estimate of drug-likeness (QED) is 0.880. The van der Waals surface area contributed by atoms with Crippen LogP contribution in [0.5, 0.6) is 0 Å². The van der Waals surface area contributed by atoms with Gasteiger partial charge in [0.25, 0.3) is 10.0 Å². The van der Waals surface area contributed by atoms with E-state index in [2.05, 4.69) is 4.72 Å². The number of anilines is 1. The van der Waals surface area contributed by atoms with Gasteiger partial charge < -0.3 is 0 Å². The molecular formula is C15H15NO3S. The Balaban J connectivity index is 2.45. The van der Waals surface area contributed by atoms with Gasteiger partial charge >= 0.3 is 0 Å². The average molecular weight is 289 g/mol. The van der Waals surface area contributed by atoms with Crippen molar-refractivity contribution in [3.8, 4) is 0 Å². The third-order valence-corrected chi connectivity index (χ3v) is 4.46. The van der Waals surface area contributed by atoms with Crippen LogP contribution in [0.3, 0.4) is 0 Å². The molecule has 2 aromatic rings. The lowest BCUT2D eigenvalue weighted by Crippen LogP contribution is -2.16. The van der Waals surface area contributed by atoms with Crippen molar-refractivity contribution in [3.05, 3.63) is 59.7 Å². The van der Waals surface area contributed by atoms with Gasteiger partial charge in [-0.1, -0.05) is 30.3 Å². The number of sulfonamides is 1. The van der Waals surface area contributed by atoms with Crippen molar-refractivity contribution in [3.63, 3.8) is 0 Å². The van der Waals surface area contributed by atoms with E-state index in [1.807, 2.05) is 0 Å². The van der Waals surface area contributed by atoms with Crippen LogP contribution in [-0.2, 0) is 10.0 Å². The van der Waals surface area contributed by atoms with Crippen LogP contribution in [0.4, 0.5) is 5.69 Å². The van der Waals surface area contributed by atoms with Gasteiger partial charge in [-0.15, -0.1) is 0 Å². The lowest BCUT2D eigenvalue weighted by molar-refractivity contribution is 0.101. The van der Waals surface area contributed by atoms with Gasteiger partial charge in [-0.25, -0.2) is 8.42 Å². The van der Waals surface area contributed by atoms with E-state index in [0.717, 1.165) is 0 Å². The number of ketones is 1. The lowest BCUT2D eigenvalue weighted by Gasteiger charge is -2.12. The fourth-order valence-corrected chi connectivity index (χ4v) is 3.26. The molecule has 0 saturated heterocycles. The number of carbonyl (C=O) groups is 1. The molecule has 4 nitrogen and oxygen atoms in total. The molecule has 0 aliphatic rings. The highest BCUT2D eigenvalue weighted by molar-refractivity contribution is 7.92. The van der Waals surface area contributed by atoms with Gasteiger partial charge in [0.1, 0.15) is 0 Å². The average Bonchev–Trinajstić information content (AvgIpc) is 2.39. The Morgan fingerprint density at radius 1 is 1.00 bits per heavy atom. The van der Waals surface area contributed by atoms with E-state index in [0.29, 0.717) is 16.8 Å². The predicted octanol–water partition coefficient (Wildman–Crippen LogP) is 3.00. The van der Waals surface area contributed by atoms with Crippen molar-refractivity contribution >= 4 is 21.5 Å². The van der Waals surface area contributed by atoms with E-state index >= 15 is 0 Å². The Kier molecular flexibility index (Phi) is 3.90. The van der Waals surface area contributed by atoms with Crippen molar-refractivity contribution in [2.75, 3.05) is 4.72 Å². The Morgan fingerprint density at radius 2 is 1.60 bits per heavy atom.